The van der Waals surface area contributed by atoms with Crippen molar-refractivity contribution in [2.24, 2.45) is 12.8 Å². The molecule has 170 valence electrons. The minimum Gasteiger partial charge on any atom is -0.478 e. The van der Waals surface area contributed by atoms with E-state index in [1.165, 1.54) is 43.9 Å². The molecular formula is C22H24F3N5O2. The number of halogens is 3. The number of amides is 1. The lowest BCUT2D eigenvalue weighted by molar-refractivity contribution is -0.141. The summed E-state index contributed by atoms with van der Waals surface area (Å²) in [4.78, 5) is 19.3. The second-order valence-corrected chi connectivity index (χ2v) is 7.26. The Morgan fingerprint density at radius 1 is 1.16 bits per heavy atom. The zero-order valence-corrected chi connectivity index (χ0v) is 17.8. The van der Waals surface area contributed by atoms with E-state index >= 15 is 0 Å². The number of ether oxygens (including phenoxy) is 1. The largest absolute Gasteiger partial charge is 0.478 e. The Kier molecular flexibility index (Phi) is 7.12. The highest BCUT2D eigenvalue weighted by molar-refractivity contribution is 5.91. The lowest BCUT2D eigenvalue weighted by Gasteiger charge is -2.16. The van der Waals surface area contributed by atoms with Gasteiger partial charge < -0.3 is 10.5 Å². The van der Waals surface area contributed by atoms with E-state index in [4.69, 9.17) is 10.5 Å². The van der Waals surface area contributed by atoms with Crippen LogP contribution >= 0.6 is 0 Å². The summed E-state index contributed by atoms with van der Waals surface area (Å²) >= 11 is 0. The van der Waals surface area contributed by atoms with Crippen molar-refractivity contribution in [3.05, 3.63) is 59.2 Å². The van der Waals surface area contributed by atoms with Crippen molar-refractivity contribution in [1.82, 2.24) is 19.7 Å². The summed E-state index contributed by atoms with van der Waals surface area (Å²) in [6, 6.07) is 6.78. The number of aryl methyl sites for hydroxylation is 3. The van der Waals surface area contributed by atoms with Crippen LogP contribution in [0.1, 0.15) is 47.1 Å². The molecule has 32 heavy (non-hydrogen) atoms. The zero-order chi connectivity index (χ0) is 23.3. The van der Waals surface area contributed by atoms with Gasteiger partial charge in [0.2, 0.25) is 5.88 Å². The van der Waals surface area contributed by atoms with Gasteiger partial charge in [0.15, 0.2) is 5.69 Å². The molecule has 0 radical (unpaired) electrons. The standard InChI is InChI=1S/C16H18N2O.C6H6F3N3O/c1-2-19-16-10-13(7-8-17-16)15-9-12-5-3-4-6-14(12)11-18-15;1-12-3(5(10)13)2-4(11-12)6(7,8)9/h7-11H,2-6H2,1H3;2H,1H3,(H2,10,13). The Hall–Kier alpha value is -3.43. The summed E-state index contributed by atoms with van der Waals surface area (Å²) in [6.45, 7) is 2.60. The number of carbonyl (C=O) groups is 1. The molecule has 0 saturated heterocycles. The molecule has 10 heteroatoms. The summed E-state index contributed by atoms with van der Waals surface area (Å²) in [6.07, 6.45) is 4.18. The van der Waals surface area contributed by atoms with Crippen LogP contribution in [0.3, 0.4) is 0 Å². The van der Waals surface area contributed by atoms with E-state index in [1.807, 2.05) is 25.3 Å². The van der Waals surface area contributed by atoms with E-state index in [0.29, 0.717) is 18.6 Å². The first kappa shape index (κ1) is 23.2. The van der Waals surface area contributed by atoms with Gasteiger partial charge >= 0.3 is 6.18 Å². The summed E-state index contributed by atoms with van der Waals surface area (Å²) in [5.74, 6) is -0.273. The summed E-state index contributed by atoms with van der Waals surface area (Å²) < 4.78 is 42.3. The topological polar surface area (TPSA) is 95.9 Å². The molecule has 0 aliphatic heterocycles. The van der Waals surface area contributed by atoms with Crippen LogP contribution in [0.15, 0.2) is 36.7 Å². The van der Waals surface area contributed by atoms with E-state index in [9.17, 15) is 18.0 Å². The molecule has 0 spiro atoms. The normalized spacial score (nSPS) is 13.0. The molecule has 7 nitrogen and oxygen atoms in total. The fraction of sp³-hybridized carbons (Fsp3) is 0.364. The van der Waals surface area contributed by atoms with E-state index in [-0.39, 0.29) is 5.69 Å². The van der Waals surface area contributed by atoms with Crippen molar-refractivity contribution in [2.45, 2.75) is 38.8 Å². The fourth-order valence-corrected chi connectivity index (χ4v) is 3.40. The first-order chi connectivity index (χ1) is 15.2. The molecule has 0 atom stereocenters. The molecular weight excluding hydrogens is 423 g/mol. The SMILES string of the molecule is CCOc1cc(-c2cc3c(cn2)CCCC3)ccn1.Cn1nc(C(F)(F)F)cc1C(N)=O. The fourth-order valence-electron chi connectivity index (χ4n) is 3.40. The highest BCUT2D eigenvalue weighted by Gasteiger charge is 2.35. The van der Waals surface area contributed by atoms with Gasteiger partial charge in [0.1, 0.15) is 5.69 Å². The van der Waals surface area contributed by atoms with E-state index < -0.39 is 17.8 Å². The van der Waals surface area contributed by atoms with Crippen LogP contribution in [0.2, 0.25) is 0 Å². The first-order valence-corrected chi connectivity index (χ1v) is 10.2. The lowest BCUT2D eigenvalue weighted by atomic mass is 9.92. The molecule has 1 aliphatic carbocycles. The number of nitrogens with two attached hydrogens (primary N) is 1. The summed E-state index contributed by atoms with van der Waals surface area (Å²) in [7, 11) is 1.22. The van der Waals surface area contributed by atoms with Crippen molar-refractivity contribution in [3.8, 4) is 17.1 Å². The van der Waals surface area contributed by atoms with Gasteiger partial charge in [-0.25, -0.2) is 4.98 Å². The van der Waals surface area contributed by atoms with Gasteiger partial charge in [-0.15, -0.1) is 0 Å². The smallest absolute Gasteiger partial charge is 0.435 e. The minimum absolute atomic E-state index is 0.271. The quantitative estimate of drug-likeness (QED) is 0.653. The molecule has 3 aromatic rings. The number of carbonyl (C=O) groups excluding carboxylic acids is 1. The third kappa shape index (κ3) is 5.63. The van der Waals surface area contributed by atoms with Crippen LogP contribution in [0.25, 0.3) is 11.3 Å². The summed E-state index contributed by atoms with van der Waals surface area (Å²) in [5.41, 5.74) is 8.37. The van der Waals surface area contributed by atoms with Crippen molar-refractivity contribution in [1.29, 1.82) is 0 Å². The van der Waals surface area contributed by atoms with Crippen molar-refractivity contribution >= 4 is 5.91 Å². The first-order valence-electron chi connectivity index (χ1n) is 10.2. The molecule has 2 N–H and O–H groups in total. The van der Waals surface area contributed by atoms with Crippen LogP contribution in [-0.2, 0) is 26.1 Å². The van der Waals surface area contributed by atoms with Gasteiger partial charge in [-0.05, 0) is 55.9 Å². The number of hydrogen-bond acceptors (Lipinski definition) is 5. The number of alkyl halides is 3. The minimum atomic E-state index is -4.55. The Bertz CT molecular complexity index is 1100. The van der Waals surface area contributed by atoms with Gasteiger partial charge in [0.25, 0.3) is 5.91 Å². The molecule has 0 bridgehead atoms. The second-order valence-electron chi connectivity index (χ2n) is 7.26. The number of pyridine rings is 2. The molecule has 3 heterocycles. The van der Waals surface area contributed by atoms with E-state index in [1.54, 1.807) is 6.20 Å². The molecule has 0 aromatic carbocycles. The van der Waals surface area contributed by atoms with Gasteiger partial charge in [-0.2, -0.15) is 18.3 Å². The third-order valence-electron chi connectivity index (χ3n) is 4.97. The molecule has 3 aromatic heterocycles. The average Bonchev–Trinajstić information content (AvgIpc) is 3.17. The van der Waals surface area contributed by atoms with Crippen molar-refractivity contribution in [2.75, 3.05) is 6.61 Å². The molecule has 1 amide bonds. The number of hydrogen-bond donors (Lipinski definition) is 1. The molecule has 0 fully saturated rings. The lowest BCUT2D eigenvalue weighted by Crippen LogP contribution is -2.15. The van der Waals surface area contributed by atoms with Gasteiger partial charge in [0, 0.05) is 37.1 Å². The maximum Gasteiger partial charge on any atom is 0.435 e. The summed E-state index contributed by atoms with van der Waals surface area (Å²) in [5, 5.41) is 3.09. The zero-order valence-electron chi connectivity index (χ0n) is 17.8. The monoisotopic (exact) mass is 447 g/mol. The number of rotatable bonds is 4. The van der Waals surface area contributed by atoms with Gasteiger partial charge in [-0.3, -0.25) is 14.5 Å². The van der Waals surface area contributed by atoms with E-state index in [2.05, 4.69) is 21.1 Å². The van der Waals surface area contributed by atoms with Crippen LogP contribution in [0.4, 0.5) is 13.2 Å². The highest BCUT2D eigenvalue weighted by Crippen LogP contribution is 2.28. The highest BCUT2D eigenvalue weighted by atomic mass is 19.4. The van der Waals surface area contributed by atoms with Crippen molar-refractivity contribution < 1.29 is 22.7 Å². The number of nitrogens with zero attached hydrogens (tertiary/aromatic N) is 4. The van der Waals surface area contributed by atoms with Gasteiger partial charge in [-0.1, -0.05) is 0 Å². The Morgan fingerprint density at radius 2 is 1.88 bits per heavy atom. The second kappa shape index (κ2) is 9.80. The Balaban J connectivity index is 0.000000195. The molecule has 0 unspecified atom stereocenters. The van der Waals surface area contributed by atoms with Crippen LogP contribution in [0, 0.1) is 0 Å². The number of aromatic nitrogens is 4. The number of fused-ring (bicyclic) bond motifs is 1. The van der Waals surface area contributed by atoms with Crippen LogP contribution in [-0.4, -0.2) is 32.3 Å². The molecule has 4 rings (SSSR count). The Labute approximate surface area is 183 Å². The maximum atomic E-state index is 12.0. The molecule has 1 aliphatic rings. The predicted octanol–water partition coefficient (Wildman–Crippen LogP) is 3.96. The van der Waals surface area contributed by atoms with Crippen LogP contribution in [0.5, 0.6) is 5.88 Å². The predicted molar refractivity (Wildman–Crippen MR) is 112 cm³/mol. The number of primary amides is 1. The van der Waals surface area contributed by atoms with E-state index in [0.717, 1.165) is 15.9 Å². The maximum absolute atomic E-state index is 12.0. The molecule has 0 saturated carbocycles. The van der Waals surface area contributed by atoms with Crippen LogP contribution < -0.4 is 10.5 Å². The Morgan fingerprint density at radius 3 is 2.47 bits per heavy atom. The third-order valence-corrected chi connectivity index (χ3v) is 4.97. The van der Waals surface area contributed by atoms with Crippen molar-refractivity contribution in [3.63, 3.8) is 0 Å². The van der Waals surface area contributed by atoms with Gasteiger partial charge in [0.05, 0.1) is 12.3 Å². The average molecular weight is 447 g/mol.